The van der Waals surface area contributed by atoms with Crippen LogP contribution in [0, 0.1) is 5.92 Å². The minimum atomic E-state index is -0.0666. The molecule has 1 saturated carbocycles. The number of H-pyrrole nitrogens is 1. The summed E-state index contributed by atoms with van der Waals surface area (Å²) in [6, 6.07) is 0. The van der Waals surface area contributed by atoms with Crippen molar-refractivity contribution in [2.45, 2.75) is 32.1 Å². The molecule has 0 spiro atoms. The fraction of sp³-hybridized carbons (Fsp3) is 0.727. The van der Waals surface area contributed by atoms with E-state index in [2.05, 4.69) is 15.2 Å². The minimum Gasteiger partial charge on any atom is -0.339 e. The summed E-state index contributed by atoms with van der Waals surface area (Å²) in [5.41, 5.74) is 0. The van der Waals surface area contributed by atoms with E-state index in [4.69, 9.17) is 0 Å². The summed E-state index contributed by atoms with van der Waals surface area (Å²) in [7, 11) is 1.83. The molecule has 0 atom stereocenters. The second kappa shape index (κ2) is 5.09. The number of carbonyl (C=O) groups excluding carboxylic acids is 1. The van der Waals surface area contributed by atoms with E-state index in [1.165, 1.54) is 38.4 Å². The molecule has 0 radical (unpaired) electrons. The Morgan fingerprint density at radius 1 is 1.50 bits per heavy atom. The minimum absolute atomic E-state index is 0.0666. The molecule has 2 rings (SSSR count). The van der Waals surface area contributed by atoms with Crippen LogP contribution < -0.4 is 0 Å². The van der Waals surface area contributed by atoms with Gasteiger partial charge >= 0.3 is 0 Å². The van der Waals surface area contributed by atoms with Gasteiger partial charge in [0.15, 0.2) is 0 Å². The van der Waals surface area contributed by atoms with Crippen LogP contribution in [0.25, 0.3) is 0 Å². The summed E-state index contributed by atoms with van der Waals surface area (Å²) in [6.07, 6.45) is 7.80. The molecule has 5 nitrogen and oxygen atoms in total. The summed E-state index contributed by atoms with van der Waals surface area (Å²) in [4.78, 5) is 17.5. The Balaban J connectivity index is 1.87. The van der Waals surface area contributed by atoms with Crippen molar-refractivity contribution in [2.24, 2.45) is 5.92 Å². The lowest BCUT2D eigenvalue weighted by molar-refractivity contribution is 0.0749. The number of carbonyl (C=O) groups is 1. The van der Waals surface area contributed by atoms with Gasteiger partial charge in [-0.25, -0.2) is 4.98 Å². The van der Waals surface area contributed by atoms with Crippen molar-refractivity contribution in [2.75, 3.05) is 13.6 Å². The number of aromatic nitrogens is 3. The third kappa shape index (κ3) is 2.59. The van der Waals surface area contributed by atoms with Gasteiger partial charge in [-0.3, -0.25) is 9.89 Å². The fourth-order valence-electron chi connectivity index (χ4n) is 2.33. The summed E-state index contributed by atoms with van der Waals surface area (Å²) >= 11 is 0. The van der Waals surface area contributed by atoms with Gasteiger partial charge in [0, 0.05) is 13.6 Å². The first kappa shape index (κ1) is 11.1. The van der Waals surface area contributed by atoms with E-state index < -0.39 is 0 Å². The molecule has 5 heteroatoms. The van der Waals surface area contributed by atoms with E-state index in [0.29, 0.717) is 11.7 Å². The topological polar surface area (TPSA) is 61.9 Å². The van der Waals surface area contributed by atoms with Crippen LogP contribution in [0.5, 0.6) is 0 Å². The molecule has 1 aromatic heterocycles. The molecule has 16 heavy (non-hydrogen) atoms. The van der Waals surface area contributed by atoms with E-state index in [9.17, 15) is 4.79 Å². The molecule has 0 bridgehead atoms. The first-order chi connectivity index (χ1) is 7.77. The van der Waals surface area contributed by atoms with Crippen LogP contribution in [-0.2, 0) is 0 Å². The quantitative estimate of drug-likeness (QED) is 0.842. The molecule has 1 aliphatic rings. The van der Waals surface area contributed by atoms with Gasteiger partial charge in [0.05, 0.1) is 0 Å². The van der Waals surface area contributed by atoms with E-state index in [0.717, 1.165) is 6.54 Å². The maximum absolute atomic E-state index is 11.9. The monoisotopic (exact) mass is 222 g/mol. The third-order valence-electron chi connectivity index (χ3n) is 3.22. The van der Waals surface area contributed by atoms with Crippen molar-refractivity contribution >= 4 is 5.91 Å². The Labute approximate surface area is 95.2 Å². The average Bonchev–Trinajstić information content (AvgIpc) is 2.83. The highest BCUT2D eigenvalue weighted by Gasteiger charge is 2.20. The number of nitrogens with zero attached hydrogens (tertiary/aromatic N) is 3. The predicted molar refractivity (Wildman–Crippen MR) is 59.9 cm³/mol. The van der Waals surface area contributed by atoms with Crippen molar-refractivity contribution in [3.63, 3.8) is 0 Å². The SMILES string of the molecule is CN(CC1CCCCC1)C(=O)c1ncn[nH]1. The van der Waals surface area contributed by atoms with Crippen molar-refractivity contribution in [3.8, 4) is 0 Å². The zero-order chi connectivity index (χ0) is 11.4. The van der Waals surface area contributed by atoms with E-state index in [-0.39, 0.29) is 5.91 Å². The molecule has 1 aliphatic carbocycles. The summed E-state index contributed by atoms with van der Waals surface area (Å²) in [6.45, 7) is 0.833. The Morgan fingerprint density at radius 3 is 2.88 bits per heavy atom. The molecule has 1 N–H and O–H groups in total. The molecule has 0 aromatic carbocycles. The zero-order valence-electron chi connectivity index (χ0n) is 9.65. The lowest BCUT2D eigenvalue weighted by Crippen LogP contribution is -2.33. The molecule has 0 unspecified atom stereocenters. The second-order valence-electron chi connectivity index (χ2n) is 4.52. The van der Waals surface area contributed by atoms with Gasteiger partial charge in [0.1, 0.15) is 6.33 Å². The molecule has 1 heterocycles. The maximum atomic E-state index is 11.9. The average molecular weight is 222 g/mol. The van der Waals surface area contributed by atoms with Gasteiger partial charge in [0.25, 0.3) is 5.91 Å². The second-order valence-corrected chi connectivity index (χ2v) is 4.52. The number of aromatic amines is 1. The highest BCUT2D eigenvalue weighted by Crippen LogP contribution is 2.24. The number of hydrogen-bond donors (Lipinski definition) is 1. The van der Waals surface area contributed by atoms with Gasteiger partial charge < -0.3 is 4.90 Å². The molecule has 1 amide bonds. The molecule has 1 fully saturated rings. The van der Waals surface area contributed by atoms with Crippen LogP contribution >= 0.6 is 0 Å². The standard InChI is InChI=1S/C11H18N4O/c1-15(7-9-5-3-2-4-6-9)11(16)10-12-8-13-14-10/h8-9H,2-7H2,1H3,(H,12,13,14). The summed E-state index contributed by atoms with van der Waals surface area (Å²) in [5.74, 6) is 0.923. The van der Waals surface area contributed by atoms with Gasteiger partial charge in [-0.15, -0.1) is 0 Å². The van der Waals surface area contributed by atoms with Crippen LogP contribution in [0.2, 0.25) is 0 Å². The maximum Gasteiger partial charge on any atom is 0.290 e. The number of hydrogen-bond acceptors (Lipinski definition) is 3. The van der Waals surface area contributed by atoms with E-state index >= 15 is 0 Å². The smallest absolute Gasteiger partial charge is 0.290 e. The largest absolute Gasteiger partial charge is 0.339 e. The van der Waals surface area contributed by atoms with Gasteiger partial charge in [0.2, 0.25) is 5.82 Å². The first-order valence-corrected chi connectivity index (χ1v) is 5.88. The van der Waals surface area contributed by atoms with Gasteiger partial charge in [-0.2, -0.15) is 5.10 Å². The van der Waals surface area contributed by atoms with Crippen molar-refractivity contribution in [1.29, 1.82) is 0 Å². The first-order valence-electron chi connectivity index (χ1n) is 5.88. The van der Waals surface area contributed by atoms with E-state index in [1.807, 2.05) is 7.05 Å². The van der Waals surface area contributed by atoms with Crippen LogP contribution in [-0.4, -0.2) is 39.6 Å². The summed E-state index contributed by atoms with van der Waals surface area (Å²) in [5, 5.41) is 6.29. The van der Waals surface area contributed by atoms with E-state index in [1.54, 1.807) is 4.90 Å². The highest BCUT2D eigenvalue weighted by atomic mass is 16.2. The highest BCUT2D eigenvalue weighted by molar-refractivity contribution is 5.90. The predicted octanol–water partition coefficient (Wildman–Crippen LogP) is 1.46. The number of amides is 1. The number of rotatable bonds is 3. The van der Waals surface area contributed by atoms with Gasteiger partial charge in [-0.1, -0.05) is 19.3 Å². The van der Waals surface area contributed by atoms with Crippen LogP contribution in [0.3, 0.4) is 0 Å². The van der Waals surface area contributed by atoms with Crippen LogP contribution in [0.1, 0.15) is 42.7 Å². The Morgan fingerprint density at radius 2 is 2.25 bits per heavy atom. The van der Waals surface area contributed by atoms with Crippen LogP contribution in [0.4, 0.5) is 0 Å². The Hall–Kier alpha value is -1.39. The van der Waals surface area contributed by atoms with Crippen LogP contribution in [0.15, 0.2) is 6.33 Å². The normalized spacial score (nSPS) is 17.3. The fourth-order valence-corrected chi connectivity index (χ4v) is 2.33. The Bertz CT molecular complexity index is 330. The summed E-state index contributed by atoms with van der Waals surface area (Å²) < 4.78 is 0. The third-order valence-corrected chi connectivity index (χ3v) is 3.22. The Kier molecular flexibility index (Phi) is 3.54. The molecule has 88 valence electrons. The molecule has 1 aromatic rings. The van der Waals surface area contributed by atoms with Gasteiger partial charge in [-0.05, 0) is 18.8 Å². The van der Waals surface area contributed by atoms with Crippen molar-refractivity contribution < 1.29 is 4.79 Å². The zero-order valence-corrected chi connectivity index (χ0v) is 9.65. The molecule has 0 aliphatic heterocycles. The molecule has 0 saturated heterocycles. The lowest BCUT2D eigenvalue weighted by atomic mass is 9.89. The lowest BCUT2D eigenvalue weighted by Gasteiger charge is -2.26. The molecular formula is C11H18N4O. The number of nitrogens with one attached hydrogen (secondary N) is 1. The molecular weight excluding hydrogens is 204 g/mol. The van der Waals surface area contributed by atoms with Crippen molar-refractivity contribution in [3.05, 3.63) is 12.2 Å². The van der Waals surface area contributed by atoms with Crippen molar-refractivity contribution in [1.82, 2.24) is 20.1 Å².